The highest BCUT2D eigenvalue weighted by molar-refractivity contribution is 7.96. The molecule has 0 atom stereocenters. The van der Waals surface area contributed by atoms with Gasteiger partial charge in [-0.15, -0.1) is 0 Å². The first-order valence-corrected chi connectivity index (χ1v) is 7.74. The summed E-state index contributed by atoms with van der Waals surface area (Å²) >= 11 is 13.8. The molecule has 9 heteroatoms. The van der Waals surface area contributed by atoms with Crippen LogP contribution in [-0.4, -0.2) is 27.8 Å². The van der Waals surface area contributed by atoms with Gasteiger partial charge in [-0.05, 0) is 24.4 Å². The van der Waals surface area contributed by atoms with Crippen LogP contribution < -0.4 is 11.1 Å². The van der Waals surface area contributed by atoms with Crippen molar-refractivity contribution in [1.82, 2.24) is 4.98 Å². The van der Waals surface area contributed by atoms with E-state index in [2.05, 4.69) is 28.7 Å². The summed E-state index contributed by atoms with van der Waals surface area (Å²) in [5.74, 6) is 0.366. The van der Waals surface area contributed by atoms with E-state index >= 15 is 0 Å². The smallest absolute Gasteiger partial charge is 0.273 e. The summed E-state index contributed by atoms with van der Waals surface area (Å²) in [6.45, 7) is -0.122. The molecule has 0 fully saturated rings. The van der Waals surface area contributed by atoms with E-state index in [0.29, 0.717) is 16.4 Å². The molecule has 6 nitrogen and oxygen atoms in total. The number of amides is 1. The molecule has 1 heterocycles. The molecule has 0 bridgehead atoms. The van der Waals surface area contributed by atoms with Crippen LogP contribution >= 0.6 is 36.4 Å². The van der Waals surface area contributed by atoms with E-state index in [9.17, 15) is 4.79 Å². The number of pyridine rings is 1. The molecule has 0 spiro atoms. The topological polar surface area (TPSA) is 94.3 Å². The van der Waals surface area contributed by atoms with Crippen molar-refractivity contribution in [3.05, 3.63) is 59.2 Å². The van der Waals surface area contributed by atoms with Crippen molar-refractivity contribution < 1.29 is 14.3 Å². The SMILES string of the molecule is NC(=O)S.O=C(COC(=S)Nc1ccc(Cl)cn1)c1ccccc1. The van der Waals surface area contributed by atoms with Crippen LogP contribution in [0.3, 0.4) is 0 Å². The van der Waals surface area contributed by atoms with Gasteiger partial charge in [0.25, 0.3) is 10.4 Å². The quantitative estimate of drug-likeness (QED) is 0.426. The number of hydrogen-bond acceptors (Lipinski definition) is 5. The van der Waals surface area contributed by atoms with Gasteiger partial charge in [-0.25, -0.2) is 4.98 Å². The number of halogens is 1. The summed E-state index contributed by atoms with van der Waals surface area (Å²) in [5, 5.41) is 2.74. The standard InChI is InChI=1S/C14H11ClN2O2S.CH3NOS/c15-11-6-7-13(16-8-11)17-14(20)19-9-12(18)10-4-2-1-3-5-10;2-1(3)4/h1-8H,9H2,(H,16,17,20);(H3,2,3,4). The molecule has 0 radical (unpaired) electrons. The first kappa shape index (κ1) is 19.9. The maximum absolute atomic E-state index is 11.8. The third-order valence-electron chi connectivity index (χ3n) is 2.39. The van der Waals surface area contributed by atoms with Crippen LogP contribution in [0, 0.1) is 0 Å². The number of nitrogens with one attached hydrogen (secondary N) is 1. The number of hydrogen-bond donors (Lipinski definition) is 3. The van der Waals surface area contributed by atoms with Gasteiger partial charge in [0.2, 0.25) is 0 Å². The van der Waals surface area contributed by atoms with Crippen LogP contribution in [0.2, 0.25) is 5.02 Å². The van der Waals surface area contributed by atoms with Crippen LogP contribution in [0.5, 0.6) is 0 Å². The lowest BCUT2D eigenvalue weighted by molar-refractivity contribution is 0.0916. The Kier molecular flexibility index (Phi) is 8.77. The normalized spacial score (nSPS) is 9.25. The number of Topliss-reactive ketones (excluding diaryl/α,β-unsaturated/α-hetero) is 1. The fourth-order valence-corrected chi connectivity index (χ4v) is 1.70. The predicted octanol–water partition coefficient (Wildman–Crippen LogP) is 3.33. The molecule has 0 saturated carbocycles. The molecule has 126 valence electrons. The molecule has 0 saturated heterocycles. The molecule has 0 aliphatic heterocycles. The van der Waals surface area contributed by atoms with Gasteiger partial charge in [0.1, 0.15) is 5.82 Å². The van der Waals surface area contributed by atoms with Gasteiger partial charge in [0, 0.05) is 11.8 Å². The number of nitrogens with zero attached hydrogens (tertiary/aromatic N) is 1. The molecule has 0 aliphatic carbocycles. The number of benzene rings is 1. The highest BCUT2D eigenvalue weighted by Crippen LogP contribution is 2.09. The lowest BCUT2D eigenvalue weighted by Gasteiger charge is -2.08. The van der Waals surface area contributed by atoms with Gasteiger partial charge in [-0.2, -0.15) is 0 Å². The highest BCUT2D eigenvalue weighted by Gasteiger charge is 2.07. The van der Waals surface area contributed by atoms with Crippen LogP contribution in [-0.2, 0) is 4.74 Å². The number of aromatic nitrogens is 1. The summed E-state index contributed by atoms with van der Waals surface area (Å²) in [5.41, 5.74) is 4.92. The minimum absolute atomic E-state index is 0.0871. The number of rotatable bonds is 4. The number of primary amides is 1. The third-order valence-corrected chi connectivity index (χ3v) is 2.83. The van der Waals surface area contributed by atoms with Crippen molar-refractivity contribution in [1.29, 1.82) is 0 Å². The molecule has 24 heavy (non-hydrogen) atoms. The zero-order chi connectivity index (χ0) is 17.9. The Balaban J connectivity index is 0.000000648. The zero-order valence-corrected chi connectivity index (χ0v) is 14.8. The highest BCUT2D eigenvalue weighted by atomic mass is 35.5. The molecule has 2 rings (SSSR count). The Labute approximate surface area is 154 Å². The Hall–Kier alpha value is -2.16. The Morgan fingerprint density at radius 3 is 2.42 bits per heavy atom. The van der Waals surface area contributed by atoms with Gasteiger partial charge < -0.3 is 15.8 Å². The van der Waals surface area contributed by atoms with E-state index in [1.807, 2.05) is 6.07 Å². The first-order chi connectivity index (χ1) is 11.4. The maximum atomic E-state index is 11.8. The molecular weight excluding hydrogens is 370 g/mol. The van der Waals surface area contributed by atoms with E-state index in [0.717, 1.165) is 0 Å². The second-order valence-corrected chi connectivity index (χ2v) is 5.44. The van der Waals surface area contributed by atoms with Gasteiger partial charge in [0.05, 0.1) is 5.02 Å². The van der Waals surface area contributed by atoms with Crippen molar-refractivity contribution in [2.75, 3.05) is 11.9 Å². The van der Waals surface area contributed by atoms with Gasteiger partial charge in [-0.1, -0.05) is 54.6 Å². The summed E-state index contributed by atoms with van der Waals surface area (Å²) in [7, 11) is 0. The Morgan fingerprint density at radius 2 is 1.88 bits per heavy atom. The molecule has 1 aromatic carbocycles. The molecule has 3 N–H and O–H groups in total. The first-order valence-electron chi connectivity index (χ1n) is 6.50. The summed E-state index contributed by atoms with van der Waals surface area (Å²) in [4.78, 5) is 24.9. The number of carbonyl (C=O) groups excluding carboxylic acids is 2. The maximum Gasteiger partial charge on any atom is 0.273 e. The summed E-state index contributed by atoms with van der Waals surface area (Å²) in [6, 6.07) is 12.2. The number of thiocarbonyl (C=S) groups is 1. The van der Waals surface area contributed by atoms with E-state index in [1.165, 1.54) is 6.20 Å². The number of ketones is 1. The van der Waals surface area contributed by atoms with Gasteiger partial charge >= 0.3 is 0 Å². The molecule has 1 aromatic heterocycles. The van der Waals surface area contributed by atoms with Crippen molar-refractivity contribution >= 4 is 58.5 Å². The minimum Gasteiger partial charge on any atom is -0.462 e. The summed E-state index contributed by atoms with van der Waals surface area (Å²) < 4.78 is 5.19. The summed E-state index contributed by atoms with van der Waals surface area (Å²) in [6.07, 6.45) is 1.49. The second-order valence-electron chi connectivity index (χ2n) is 4.19. The zero-order valence-electron chi connectivity index (χ0n) is 12.3. The van der Waals surface area contributed by atoms with E-state index in [1.54, 1.807) is 36.4 Å². The average Bonchev–Trinajstić information content (AvgIpc) is 2.55. The Bertz CT molecular complexity index is 693. The van der Waals surface area contributed by atoms with E-state index in [4.69, 9.17) is 33.4 Å². The van der Waals surface area contributed by atoms with Crippen LogP contribution in [0.1, 0.15) is 10.4 Å². The number of anilines is 1. The predicted molar refractivity (Wildman–Crippen MR) is 101 cm³/mol. The number of thiol groups is 1. The lowest BCUT2D eigenvalue weighted by Crippen LogP contribution is -2.19. The third kappa shape index (κ3) is 8.47. The van der Waals surface area contributed by atoms with Crippen LogP contribution in [0.15, 0.2) is 48.7 Å². The average molecular weight is 384 g/mol. The van der Waals surface area contributed by atoms with Crippen LogP contribution in [0.4, 0.5) is 10.6 Å². The molecular formula is C15H14ClN3O3S2. The fourth-order valence-electron chi connectivity index (χ4n) is 1.43. The monoisotopic (exact) mass is 383 g/mol. The van der Waals surface area contributed by atoms with Crippen molar-refractivity contribution in [2.24, 2.45) is 5.73 Å². The van der Waals surface area contributed by atoms with Crippen molar-refractivity contribution in [2.45, 2.75) is 0 Å². The van der Waals surface area contributed by atoms with Gasteiger partial charge in [0.15, 0.2) is 12.4 Å². The number of ether oxygens (including phenoxy) is 1. The lowest BCUT2D eigenvalue weighted by atomic mass is 10.1. The second kappa shape index (κ2) is 10.6. The van der Waals surface area contributed by atoms with E-state index < -0.39 is 5.24 Å². The molecule has 1 amide bonds. The van der Waals surface area contributed by atoms with Crippen LogP contribution in [0.25, 0.3) is 0 Å². The minimum atomic E-state index is -0.639. The molecule has 0 unspecified atom stereocenters. The number of carbonyl (C=O) groups is 2. The number of nitrogens with two attached hydrogens (primary N) is 1. The fraction of sp³-hybridized carbons (Fsp3) is 0.0667. The van der Waals surface area contributed by atoms with E-state index in [-0.39, 0.29) is 17.6 Å². The molecule has 2 aromatic rings. The van der Waals surface area contributed by atoms with Crippen molar-refractivity contribution in [3.8, 4) is 0 Å². The van der Waals surface area contributed by atoms with Gasteiger partial charge in [-0.3, -0.25) is 9.59 Å². The van der Waals surface area contributed by atoms with Crippen molar-refractivity contribution in [3.63, 3.8) is 0 Å². The molecule has 0 aliphatic rings. The Morgan fingerprint density at radius 1 is 1.25 bits per heavy atom. The largest absolute Gasteiger partial charge is 0.462 e.